The maximum atomic E-state index is 12.8. The second kappa shape index (κ2) is 5.23. The zero-order valence-electron chi connectivity index (χ0n) is 13.5. The quantitative estimate of drug-likeness (QED) is 0.856. The summed E-state index contributed by atoms with van der Waals surface area (Å²) in [7, 11) is 0. The summed E-state index contributed by atoms with van der Waals surface area (Å²) in [6.45, 7) is 8.51. The highest BCUT2D eigenvalue weighted by atomic mass is 16.2. The molecule has 0 saturated carbocycles. The lowest BCUT2D eigenvalue weighted by atomic mass is 10.1. The molecular weight excluding hydrogens is 278 g/mol. The van der Waals surface area contributed by atoms with E-state index >= 15 is 0 Å². The number of aryl methyl sites for hydroxylation is 2. The molecule has 0 unspecified atom stereocenters. The highest BCUT2D eigenvalue weighted by molar-refractivity contribution is 5.95. The first-order chi connectivity index (χ1) is 10.4. The number of rotatable bonds is 2. The van der Waals surface area contributed by atoms with Crippen molar-refractivity contribution in [1.82, 2.24) is 14.5 Å². The van der Waals surface area contributed by atoms with E-state index in [9.17, 15) is 9.59 Å². The van der Waals surface area contributed by atoms with Crippen LogP contribution < -0.4 is 0 Å². The van der Waals surface area contributed by atoms with Crippen LogP contribution in [0.25, 0.3) is 11.0 Å². The van der Waals surface area contributed by atoms with Crippen LogP contribution in [-0.2, 0) is 4.79 Å². The lowest BCUT2D eigenvalue weighted by Gasteiger charge is -2.20. The number of likely N-dealkylation sites (tertiary alicyclic amines) is 1. The molecule has 0 aliphatic carbocycles. The van der Waals surface area contributed by atoms with Gasteiger partial charge in [-0.25, -0.2) is 4.98 Å². The van der Waals surface area contributed by atoms with Gasteiger partial charge in [-0.05, 0) is 51.0 Å². The molecule has 1 aromatic heterocycles. The molecule has 2 aromatic rings. The largest absolute Gasteiger partial charge is 0.339 e. The maximum absolute atomic E-state index is 12.8. The van der Waals surface area contributed by atoms with Gasteiger partial charge in [-0.2, -0.15) is 0 Å². The van der Waals surface area contributed by atoms with E-state index in [4.69, 9.17) is 0 Å². The Hall–Kier alpha value is -2.17. The molecule has 2 heterocycles. The third-order valence-electron chi connectivity index (χ3n) is 4.53. The summed E-state index contributed by atoms with van der Waals surface area (Å²) < 4.78 is 1.60. The lowest BCUT2D eigenvalue weighted by Crippen LogP contribution is -2.33. The van der Waals surface area contributed by atoms with Crippen molar-refractivity contribution in [3.63, 3.8) is 0 Å². The van der Waals surface area contributed by atoms with Crippen molar-refractivity contribution in [2.24, 2.45) is 5.92 Å². The van der Waals surface area contributed by atoms with Crippen LogP contribution in [0.2, 0.25) is 0 Å². The fourth-order valence-electron chi connectivity index (χ4n) is 3.03. The number of fused-ring (bicyclic) bond motifs is 1. The Morgan fingerprint density at radius 2 is 1.95 bits per heavy atom. The number of hydrogen-bond acceptors (Lipinski definition) is 3. The first-order valence-electron chi connectivity index (χ1n) is 7.66. The Balaban J connectivity index is 1.93. The van der Waals surface area contributed by atoms with Crippen LogP contribution in [-0.4, -0.2) is 38.9 Å². The fourth-order valence-corrected chi connectivity index (χ4v) is 3.03. The van der Waals surface area contributed by atoms with E-state index in [2.05, 4.69) is 4.98 Å². The zero-order chi connectivity index (χ0) is 16.0. The first kappa shape index (κ1) is 14.8. The summed E-state index contributed by atoms with van der Waals surface area (Å²) in [6, 6.07) is 4.12. The van der Waals surface area contributed by atoms with Gasteiger partial charge in [0.2, 0.25) is 11.8 Å². The van der Waals surface area contributed by atoms with E-state index in [0.29, 0.717) is 13.0 Å². The van der Waals surface area contributed by atoms with Gasteiger partial charge in [-0.3, -0.25) is 14.2 Å². The average molecular weight is 299 g/mol. The normalized spacial score (nSPS) is 18.7. The molecular formula is C17H21N3O2. The van der Waals surface area contributed by atoms with Gasteiger partial charge in [-0.1, -0.05) is 0 Å². The predicted octanol–water partition coefficient (Wildman–Crippen LogP) is 2.55. The van der Waals surface area contributed by atoms with Crippen LogP contribution in [0.4, 0.5) is 0 Å². The van der Waals surface area contributed by atoms with Crippen molar-refractivity contribution in [1.29, 1.82) is 0 Å². The second-order valence-electron chi connectivity index (χ2n) is 6.42. The van der Waals surface area contributed by atoms with Gasteiger partial charge in [0, 0.05) is 19.0 Å². The van der Waals surface area contributed by atoms with E-state index in [1.54, 1.807) is 15.8 Å². The Morgan fingerprint density at radius 1 is 1.27 bits per heavy atom. The molecule has 5 nitrogen and oxygen atoms in total. The van der Waals surface area contributed by atoms with Gasteiger partial charge < -0.3 is 4.90 Å². The minimum Gasteiger partial charge on any atom is -0.339 e. The summed E-state index contributed by atoms with van der Waals surface area (Å²) >= 11 is 0. The SMILES string of the molecule is Cc1cc2ncn(C(=O)[C@@H]3CC(=O)N(C(C)C)C3)c2cc1C. The molecule has 1 aliphatic rings. The number of benzene rings is 1. The van der Waals surface area contributed by atoms with Gasteiger partial charge in [0.25, 0.3) is 0 Å². The molecule has 1 atom stereocenters. The number of carbonyl (C=O) groups is 2. The molecule has 0 bridgehead atoms. The van der Waals surface area contributed by atoms with Crippen molar-refractivity contribution in [3.05, 3.63) is 29.6 Å². The van der Waals surface area contributed by atoms with E-state index in [0.717, 1.165) is 22.2 Å². The highest BCUT2D eigenvalue weighted by Crippen LogP contribution is 2.24. The van der Waals surface area contributed by atoms with Gasteiger partial charge in [-0.15, -0.1) is 0 Å². The molecule has 1 aliphatic heterocycles. The van der Waals surface area contributed by atoms with E-state index in [-0.39, 0.29) is 23.8 Å². The number of carbonyl (C=O) groups excluding carboxylic acids is 2. The molecule has 3 rings (SSSR count). The average Bonchev–Trinajstić information content (AvgIpc) is 3.02. The molecule has 5 heteroatoms. The molecule has 22 heavy (non-hydrogen) atoms. The van der Waals surface area contributed by atoms with Crippen LogP contribution in [0.15, 0.2) is 18.5 Å². The molecule has 1 amide bonds. The zero-order valence-corrected chi connectivity index (χ0v) is 13.5. The second-order valence-corrected chi connectivity index (χ2v) is 6.42. The molecule has 116 valence electrons. The molecule has 1 aromatic carbocycles. The van der Waals surface area contributed by atoms with E-state index in [1.807, 2.05) is 39.8 Å². The third-order valence-corrected chi connectivity index (χ3v) is 4.53. The summed E-state index contributed by atoms with van der Waals surface area (Å²) in [5.74, 6) is -0.263. The van der Waals surface area contributed by atoms with E-state index < -0.39 is 0 Å². The lowest BCUT2D eigenvalue weighted by molar-refractivity contribution is -0.129. The third kappa shape index (κ3) is 2.30. The summed E-state index contributed by atoms with van der Waals surface area (Å²) in [5, 5.41) is 0. The minimum atomic E-state index is -0.283. The Bertz CT molecular complexity index is 761. The van der Waals surface area contributed by atoms with Crippen LogP contribution in [0.5, 0.6) is 0 Å². The predicted molar refractivity (Wildman–Crippen MR) is 84.8 cm³/mol. The van der Waals surface area contributed by atoms with Crippen molar-refractivity contribution < 1.29 is 9.59 Å². The molecule has 1 fully saturated rings. The van der Waals surface area contributed by atoms with Crippen molar-refractivity contribution >= 4 is 22.8 Å². The molecule has 0 radical (unpaired) electrons. The Morgan fingerprint density at radius 3 is 2.59 bits per heavy atom. The summed E-state index contributed by atoms with van der Waals surface area (Å²) in [5.41, 5.74) is 3.94. The number of aromatic nitrogens is 2. The van der Waals surface area contributed by atoms with Crippen LogP contribution in [0.1, 0.15) is 36.2 Å². The van der Waals surface area contributed by atoms with Gasteiger partial charge in [0.05, 0.1) is 17.0 Å². The standard InChI is InChI=1S/C17H21N3O2/c1-10(2)19-8-13(7-16(19)21)17(22)20-9-18-14-5-11(3)12(4)6-15(14)20/h5-6,9-10,13H,7-8H2,1-4H3/t13-/m1/s1. The number of imidazole rings is 1. The summed E-state index contributed by atoms with van der Waals surface area (Å²) in [4.78, 5) is 30.9. The minimum absolute atomic E-state index is 0.0396. The monoisotopic (exact) mass is 299 g/mol. The number of amides is 1. The first-order valence-corrected chi connectivity index (χ1v) is 7.66. The van der Waals surface area contributed by atoms with Crippen molar-refractivity contribution in [2.75, 3.05) is 6.54 Å². The van der Waals surface area contributed by atoms with Crippen LogP contribution in [0.3, 0.4) is 0 Å². The molecule has 1 saturated heterocycles. The van der Waals surface area contributed by atoms with Crippen molar-refractivity contribution in [3.8, 4) is 0 Å². The van der Waals surface area contributed by atoms with Gasteiger partial charge in [0.1, 0.15) is 6.33 Å². The number of nitrogens with zero attached hydrogens (tertiary/aromatic N) is 3. The highest BCUT2D eigenvalue weighted by Gasteiger charge is 2.36. The van der Waals surface area contributed by atoms with Crippen LogP contribution in [0, 0.1) is 19.8 Å². The topological polar surface area (TPSA) is 55.2 Å². The van der Waals surface area contributed by atoms with E-state index in [1.165, 1.54) is 0 Å². The van der Waals surface area contributed by atoms with Gasteiger partial charge >= 0.3 is 0 Å². The Labute approximate surface area is 129 Å². The molecule has 0 N–H and O–H groups in total. The van der Waals surface area contributed by atoms with Crippen molar-refractivity contribution in [2.45, 2.75) is 40.2 Å². The smallest absolute Gasteiger partial charge is 0.237 e. The summed E-state index contributed by atoms with van der Waals surface area (Å²) in [6.07, 6.45) is 1.87. The fraction of sp³-hybridized carbons (Fsp3) is 0.471. The molecule has 0 spiro atoms. The maximum Gasteiger partial charge on any atom is 0.237 e. The van der Waals surface area contributed by atoms with Crippen LogP contribution >= 0.6 is 0 Å². The number of hydrogen-bond donors (Lipinski definition) is 0. The van der Waals surface area contributed by atoms with Gasteiger partial charge in [0.15, 0.2) is 0 Å². The Kier molecular flexibility index (Phi) is 3.51.